The maximum Gasteiger partial charge on any atom is 0.331 e. The van der Waals surface area contributed by atoms with Crippen molar-refractivity contribution in [3.63, 3.8) is 0 Å². The van der Waals surface area contributed by atoms with Crippen molar-refractivity contribution in [3.05, 3.63) is 22.8 Å². The highest BCUT2D eigenvalue weighted by atomic mass is 16.5. The maximum atomic E-state index is 12.6. The van der Waals surface area contributed by atoms with Crippen molar-refractivity contribution in [2.24, 2.45) is 39.9 Å². The quantitative estimate of drug-likeness (QED) is 0.255. The molecular weight excluding hydrogens is 484 g/mol. The van der Waals surface area contributed by atoms with Crippen molar-refractivity contribution in [3.8, 4) is 0 Å². The summed E-state index contributed by atoms with van der Waals surface area (Å²) in [5.41, 5.74) is 0.645. The van der Waals surface area contributed by atoms with E-state index in [9.17, 15) is 29.7 Å². The number of aldehydes is 1. The maximum absolute atomic E-state index is 12.6. The van der Waals surface area contributed by atoms with E-state index in [0.29, 0.717) is 36.3 Å². The molecule has 212 valence electrons. The molecule has 4 rings (SSSR count). The van der Waals surface area contributed by atoms with Gasteiger partial charge in [0.15, 0.2) is 0 Å². The van der Waals surface area contributed by atoms with Crippen LogP contribution in [0.4, 0.5) is 0 Å². The molecule has 4 fully saturated rings. The molecule has 0 unspecified atom stereocenters. The number of carboxylic acids is 1. The Morgan fingerprint density at radius 2 is 1.74 bits per heavy atom. The van der Waals surface area contributed by atoms with Gasteiger partial charge in [-0.15, -0.1) is 0 Å². The Labute approximate surface area is 226 Å². The highest BCUT2D eigenvalue weighted by molar-refractivity contribution is 5.88. The molecule has 0 bridgehead atoms. The largest absolute Gasteiger partial charge is 0.478 e. The van der Waals surface area contributed by atoms with Gasteiger partial charge in [0.05, 0.1) is 12.2 Å². The minimum atomic E-state index is -1.04. The predicted molar refractivity (Wildman–Crippen MR) is 143 cm³/mol. The molecule has 0 saturated heterocycles. The van der Waals surface area contributed by atoms with Gasteiger partial charge in [0.25, 0.3) is 0 Å². The normalized spacial score (nSPS) is 45.9. The summed E-state index contributed by atoms with van der Waals surface area (Å²) < 4.78 is 5.84. The molecule has 7 nitrogen and oxygen atoms in total. The summed E-state index contributed by atoms with van der Waals surface area (Å²) in [5, 5.41) is 32.9. The summed E-state index contributed by atoms with van der Waals surface area (Å²) in [7, 11) is 0. The summed E-state index contributed by atoms with van der Waals surface area (Å²) >= 11 is 0. The number of fused-ring (bicyclic) bond motifs is 5. The van der Waals surface area contributed by atoms with E-state index in [2.05, 4.69) is 27.7 Å². The van der Waals surface area contributed by atoms with E-state index < -0.39 is 24.1 Å². The summed E-state index contributed by atoms with van der Waals surface area (Å²) in [6, 6.07) is 0. The van der Waals surface area contributed by atoms with Crippen LogP contribution in [0.15, 0.2) is 22.8 Å². The minimum absolute atomic E-state index is 0.00808. The first kappa shape index (κ1) is 29.0. The lowest BCUT2D eigenvalue weighted by Crippen LogP contribution is -2.65. The van der Waals surface area contributed by atoms with Crippen LogP contribution >= 0.6 is 0 Å². The van der Waals surface area contributed by atoms with E-state index >= 15 is 0 Å². The van der Waals surface area contributed by atoms with Crippen LogP contribution in [-0.4, -0.2) is 51.9 Å². The van der Waals surface area contributed by atoms with Crippen molar-refractivity contribution in [1.29, 1.82) is 0 Å². The second kappa shape index (κ2) is 10.2. The molecular formula is C31H46O7. The predicted octanol–water partition coefficient (Wildman–Crippen LogP) is 4.85. The number of hydrogen-bond acceptors (Lipinski definition) is 6. The molecule has 3 N–H and O–H groups in total. The van der Waals surface area contributed by atoms with E-state index in [1.54, 1.807) is 13.0 Å². The number of carbonyl (C=O) groups is 3. The second-order valence-corrected chi connectivity index (χ2v) is 13.4. The Morgan fingerprint density at radius 3 is 2.34 bits per heavy atom. The smallest absolute Gasteiger partial charge is 0.331 e. The van der Waals surface area contributed by atoms with E-state index in [4.69, 9.17) is 4.74 Å². The van der Waals surface area contributed by atoms with Crippen molar-refractivity contribution in [2.75, 3.05) is 0 Å². The third-order valence-electron chi connectivity index (χ3n) is 11.7. The molecule has 0 aliphatic heterocycles. The van der Waals surface area contributed by atoms with E-state index in [1.807, 2.05) is 0 Å². The minimum Gasteiger partial charge on any atom is -0.478 e. The highest BCUT2D eigenvalue weighted by Crippen LogP contribution is 2.74. The molecule has 7 heteroatoms. The van der Waals surface area contributed by atoms with Gasteiger partial charge in [-0.05, 0) is 109 Å². The average molecular weight is 531 g/mol. The molecule has 0 heterocycles. The number of aliphatic hydroxyl groups excluding tert-OH is 2. The third kappa shape index (κ3) is 4.38. The zero-order chi connectivity index (χ0) is 28.2. The Bertz CT molecular complexity index is 1040. The van der Waals surface area contributed by atoms with Gasteiger partial charge in [0, 0.05) is 12.5 Å². The summed E-state index contributed by atoms with van der Waals surface area (Å²) in [5.74, 6) is -1.20. The van der Waals surface area contributed by atoms with Crippen molar-refractivity contribution < 1.29 is 34.4 Å². The highest BCUT2D eigenvalue weighted by Gasteiger charge is 2.70. The first-order valence-electron chi connectivity index (χ1n) is 14.3. The van der Waals surface area contributed by atoms with Crippen molar-refractivity contribution >= 4 is 18.2 Å². The zero-order valence-electron chi connectivity index (χ0n) is 23.8. The lowest BCUT2D eigenvalue weighted by atomic mass is 9.36. The van der Waals surface area contributed by atoms with Crippen LogP contribution in [-0.2, 0) is 19.1 Å². The molecule has 0 aromatic carbocycles. The van der Waals surface area contributed by atoms with Crippen LogP contribution in [0.2, 0.25) is 0 Å². The van der Waals surface area contributed by atoms with E-state index in [1.165, 1.54) is 6.92 Å². The van der Waals surface area contributed by atoms with Crippen LogP contribution in [0, 0.1) is 39.9 Å². The molecule has 0 amide bonds. The van der Waals surface area contributed by atoms with Crippen LogP contribution < -0.4 is 0 Å². The Balaban J connectivity index is 1.81. The third-order valence-corrected chi connectivity index (χ3v) is 11.7. The fourth-order valence-corrected chi connectivity index (χ4v) is 9.78. The fourth-order valence-electron chi connectivity index (χ4n) is 9.78. The average Bonchev–Trinajstić information content (AvgIpc) is 3.10. The monoisotopic (exact) mass is 530 g/mol. The standard InChI is InChI=1S/C31H46O7/c1-17(16-32)8-7-9-20(28(36)37)26-22-14-24(35)27-29(4)12-11-23(34)18(2)21(29)10-13-30(27,5)31(22,6)15-25(26)38-19(3)33/h8,16,18,21-25,27,34-35H,7,9-15H2,1-6H3,(H,36,37)/t18-,21-,22-,23+,24+,25-,27-,29-,30-,31-/m0/s1. The van der Waals surface area contributed by atoms with Crippen LogP contribution in [0.25, 0.3) is 0 Å². The Hall–Kier alpha value is -1.99. The lowest BCUT2D eigenvalue weighted by Gasteiger charge is -2.69. The van der Waals surface area contributed by atoms with Gasteiger partial charge in [-0.2, -0.15) is 0 Å². The number of carbonyl (C=O) groups excluding carboxylic acids is 2. The first-order chi connectivity index (χ1) is 17.7. The number of allylic oxidation sites excluding steroid dienone is 2. The second-order valence-electron chi connectivity index (χ2n) is 13.4. The number of rotatable bonds is 6. The zero-order valence-corrected chi connectivity index (χ0v) is 23.8. The van der Waals surface area contributed by atoms with Gasteiger partial charge >= 0.3 is 11.9 Å². The Kier molecular flexibility index (Phi) is 7.78. The SMILES string of the molecule is CC(=O)O[C@H]1C[C@@]2(C)[C@@H](C[C@@H](O)[C@H]3[C@@]4(C)CC[C@@H](O)[C@@H](C)[C@@H]4CC[C@@]32C)C1=C(CCC=C(C)C=O)C(=O)O. The van der Waals surface area contributed by atoms with Gasteiger partial charge in [0.2, 0.25) is 0 Å². The first-order valence-corrected chi connectivity index (χ1v) is 14.3. The van der Waals surface area contributed by atoms with E-state index in [0.717, 1.165) is 32.0 Å². The number of aliphatic hydroxyl groups is 2. The summed E-state index contributed by atoms with van der Waals surface area (Å²) in [6.45, 7) is 12.0. The van der Waals surface area contributed by atoms with Gasteiger partial charge < -0.3 is 20.1 Å². The topological polar surface area (TPSA) is 121 Å². The van der Waals surface area contributed by atoms with Crippen molar-refractivity contribution in [1.82, 2.24) is 0 Å². The molecule has 4 aliphatic carbocycles. The Morgan fingerprint density at radius 1 is 1.05 bits per heavy atom. The number of carboxylic acid groups (broad SMARTS) is 1. The van der Waals surface area contributed by atoms with Gasteiger partial charge in [0.1, 0.15) is 12.4 Å². The number of ether oxygens (including phenoxy) is 1. The molecule has 4 saturated carbocycles. The van der Waals surface area contributed by atoms with Crippen molar-refractivity contribution in [2.45, 2.75) is 111 Å². The molecule has 0 radical (unpaired) electrons. The van der Waals surface area contributed by atoms with Gasteiger partial charge in [-0.25, -0.2) is 4.79 Å². The fraction of sp³-hybridized carbons (Fsp3) is 0.774. The number of hydrogen-bond donors (Lipinski definition) is 3. The molecule has 0 aromatic heterocycles. The van der Waals surface area contributed by atoms with Crippen LogP contribution in [0.5, 0.6) is 0 Å². The van der Waals surface area contributed by atoms with Crippen LogP contribution in [0.3, 0.4) is 0 Å². The number of esters is 1. The van der Waals surface area contributed by atoms with Gasteiger partial charge in [-0.1, -0.05) is 33.8 Å². The molecule has 10 atom stereocenters. The number of aliphatic carboxylic acids is 1. The molecule has 4 aliphatic rings. The summed E-state index contributed by atoms with van der Waals surface area (Å²) in [4.78, 5) is 35.9. The summed E-state index contributed by atoms with van der Waals surface area (Å²) in [6.07, 6.45) is 5.92. The molecule has 0 spiro atoms. The lowest BCUT2D eigenvalue weighted by molar-refractivity contribution is -0.234. The molecule has 38 heavy (non-hydrogen) atoms. The van der Waals surface area contributed by atoms with Crippen LogP contribution in [0.1, 0.15) is 92.9 Å². The molecule has 0 aromatic rings. The van der Waals surface area contributed by atoms with E-state index in [-0.39, 0.29) is 52.1 Å². The van der Waals surface area contributed by atoms with Gasteiger partial charge in [-0.3, -0.25) is 9.59 Å².